The smallest absolute Gasteiger partial charge is 0.251 e. The van der Waals surface area contributed by atoms with Crippen LogP contribution >= 0.6 is 11.3 Å². The fourth-order valence-electron chi connectivity index (χ4n) is 3.22. The molecule has 9 nitrogen and oxygen atoms in total. The Morgan fingerprint density at radius 2 is 1.94 bits per heavy atom. The zero-order valence-corrected chi connectivity index (χ0v) is 18.8. The first kappa shape index (κ1) is 21.6. The van der Waals surface area contributed by atoms with Crippen molar-refractivity contribution in [3.63, 3.8) is 0 Å². The van der Waals surface area contributed by atoms with E-state index in [9.17, 15) is 13.2 Å². The number of benzene rings is 1. The molecule has 1 saturated heterocycles. The molecular formula is C20H22N4O5S2. The second-order valence-corrected chi connectivity index (χ2v) is 10.4. The maximum atomic E-state index is 13.3. The summed E-state index contributed by atoms with van der Waals surface area (Å²) in [5, 5.41) is 10.2. The van der Waals surface area contributed by atoms with Crippen LogP contribution in [0.5, 0.6) is 0 Å². The van der Waals surface area contributed by atoms with E-state index in [2.05, 4.69) is 20.3 Å². The Labute approximate surface area is 184 Å². The van der Waals surface area contributed by atoms with Crippen molar-refractivity contribution in [1.82, 2.24) is 19.9 Å². The van der Waals surface area contributed by atoms with Gasteiger partial charge < -0.3 is 10.1 Å². The first-order chi connectivity index (χ1) is 14.8. The Kier molecular flexibility index (Phi) is 6.19. The van der Waals surface area contributed by atoms with Crippen molar-refractivity contribution in [3.8, 4) is 10.4 Å². The van der Waals surface area contributed by atoms with Crippen LogP contribution in [0, 0.1) is 13.8 Å². The molecule has 31 heavy (non-hydrogen) atoms. The van der Waals surface area contributed by atoms with E-state index in [0.29, 0.717) is 30.2 Å². The third-order valence-corrected chi connectivity index (χ3v) is 7.89. The second kappa shape index (κ2) is 8.87. The average Bonchev–Trinajstić information content (AvgIpc) is 3.40. The zero-order chi connectivity index (χ0) is 22.0. The van der Waals surface area contributed by atoms with Gasteiger partial charge >= 0.3 is 0 Å². The fourth-order valence-corrected chi connectivity index (χ4v) is 5.56. The van der Waals surface area contributed by atoms with Crippen molar-refractivity contribution in [1.29, 1.82) is 0 Å². The van der Waals surface area contributed by atoms with E-state index in [4.69, 9.17) is 4.74 Å². The van der Waals surface area contributed by atoms with E-state index in [1.54, 1.807) is 19.1 Å². The molecular weight excluding hydrogens is 440 g/mol. The number of nitrogens with zero attached hydrogens (tertiary/aromatic N) is 3. The molecule has 1 N–H and O–H groups in total. The number of hydrogen-bond acceptors (Lipinski definition) is 8. The van der Waals surface area contributed by atoms with Crippen molar-refractivity contribution in [2.75, 3.05) is 26.3 Å². The number of aromatic nitrogens is 2. The van der Waals surface area contributed by atoms with Gasteiger partial charge in [0.15, 0.2) is 0 Å². The van der Waals surface area contributed by atoms with Crippen LogP contribution in [0.3, 0.4) is 0 Å². The number of rotatable bonds is 6. The first-order valence-corrected chi connectivity index (χ1v) is 12.0. The molecule has 0 aliphatic carbocycles. The van der Waals surface area contributed by atoms with Gasteiger partial charge in [0.25, 0.3) is 5.91 Å². The first-order valence-electron chi connectivity index (χ1n) is 9.70. The van der Waals surface area contributed by atoms with Crippen LogP contribution < -0.4 is 5.32 Å². The maximum Gasteiger partial charge on any atom is 0.251 e. The molecule has 1 aromatic carbocycles. The third-order valence-electron chi connectivity index (χ3n) is 4.96. The highest BCUT2D eigenvalue weighted by Gasteiger charge is 2.28. The monoisotopic (exact) mass is 462 g/mol. The number of sulfonamides is 1. The van der Waals surface area contributed by atoms with E-state index < -0.39 is 15.9 Å². The van der Waals surface area contributed by atoms with Gasteiger partial charge in [-0.15, -0.1) is 11.3 Å². The van der Waals surface area contributed by atoms with E-state index >= 15 is 0 Å². The van der Waals surface area contributed by atoms with Crippen LogP contribution in [0.1, 0.15) is 26.6 Å². The van der Waals surface area contributed by atoms with Crippen LogP contribution in [0.2, 0.25) is 0 Å². The maximum absolute atomic E-state index is 13.3. The molecule has 3 heterocycles. The molecule has 0 unspecified atom stereocenters. The highest BCUT2D eigenvalue weighted by molar-refractivity contribution is 7.89. The summed E-state index contributed by atoms with van der Waals surface area (Å²) in [6.45, 7) is 5.09. The molecule has 3 aromatic rings. The number of morpholine rings is 1. The normalized spacial score (nSPS) is 15.2. The predicted octanol–water partition coefficient (Wildman–Crippen LogP) is 2.37. The summed E-state index contributed by atoms with van der Waals surface area (Å²) in [6, 6.07) is 8.62. The Morgan fingerprint density at radius 1 is 1.16 bits per heavy atom. The molecule has 1 amide bonds. The molecule has 0 saturated carbocycles. The van der Waals surface area contributed by atoms with Gasteiger partial charge in [-0.3, -0.25) is 4.79 Å². The summed E-state index contributed by atoms with van der Waals surface area (Å²) in [6.07, 6.45) is 0. The van der Waals surface area contributed by atoms with Crippen molar-refractivity contribution in [2.24, 2.45) is 0 Å². The van der Waals surface area contributed by atoms with Gasteiger partial charge in [0.2, 0.25) is 10.0 Å². The summed E-state index contributed by atoms with van der Waals surface area (Å²) < 4.78 is 37.8. The SMILES string of the molecule is Cc1ccc(-c2cc(C(=O)NCc3nonc3C)cc(S(=O)(=O)N3CCOCC3)c2)s1. The topological polar surface area (TPSA) is 115 Å². The molecule has 0 radical (unpaired) electrons. The third kappa shape index (κ3) is 4.69. The number of aryl methyl sites for hydroxylation is 2. The second-order valence-electron chi connectivity index (χ2n) is 7.15. The highest BCUT2D eigenvalue weighted by Crippen LogP contribution is 2.31. The number of thiophene rings is 1. The summed E-state index contributed by atoms with van der Waals surface area (Å²) in [7, 11) is -3.77. The summed E-state index contributed by atoms with van der Waals surface area (Å²) in [5.74, 6) is -0.407. The van der Waals surface area contributed by atoms with E-state index in [1.165, 1.54) is 21.7 Å². The largest absolute Gasteiger partial charge is 0.379 e. The number of carbonyl (C=O) groups is 1. The molecule has 1 aliphatic rings. The Balaban J connectivity index is 1.69. The van der Waals surface area contributed by atoms with Crippen LogP contribution in [0.15, 0.2) is 39.9 Å². The summed E-state index contributed by atoms with van der Waals surface area (Å²) in [4.78, 5) is 15.0. The minimum atomic E-state index is -3.77. The molecule has 164 valence electrons. The molecule has 4 rings (SSSR count). The Bertz CT molecular complexity index is 1200. The average molecular weight is 463 g/mol. The van der Waals surface area contributed by atoms with Gasteiger partial charge in [-0.1, -0.05) is 10.3 Å². The lowest BCUT2D eigenvalue weighted by Crippen LogP contribution is -2.40. The molecule has 1 aliphatic heterocycles. The number of nitrogens with one attached hydrogen (secondary N) is 1. The Morgan fingerprint density at radius 3 is 2.58 bits per heavy atom. The molecule has 1 fully saturated rings. The molecule has 11 heteroatoms. The van der Waals surface area contributed by atoms with E-state index in [-0.39, 0.29) is 30.1 Å². The molecule has 0 bridgehead atoms. The van der Waals surface area contributed by atoms with Crippen molar-refractivity contribution in [2.45, 2.75) is 25.3 Å². The lowest BCUT2D eigenvalue weighted by molar-refractivity contribution is 0.0730. The van der Waals surface area contributed by atoms with Crippen LogP contribution in [-0.4, -0.2) is 55.2 Å². The van der Waals surface area contributed by atoms with Gasteiger partial charge in [0, 0.05) is 28.4 Å². The van der Waals surface area contributed by atoms with Crippen molar-refractivity contribution >= 4 is 27.3 Å². The Hall–Kier alpha value is -2.60. The minimum absolute atomic E-state index is 0.0855. The van der Waals surface area contributed by atoms with Crippen LogP contribution in [-0.2, 0) is 21.3 Å². The highest BCUT2D eigenvalue weighted by atomic mass is 32.2. The minimum Gasteiger partial charge on any atom is -0.379 e. The van der Waals surface area contributed by atoms with Crippen LogP contribution in [0.25, 0.3) is 10.4 Å². The van der Waals surface area contributed by atoms with Gasteiger partial charge in [0.05, 0.1) is 24.7 Å². The van der Waals surface area contributed by atoms with Gasteiger partial charge in [-0.05, 0) is 49.7 Å². The quantitative estimate of drug-likeness (QED) is 0.598. The zero-order valence-electron chi connectivity index (χ0n) is 17.1. The summed E-state index contributed by atoms with van der Waals surface area (Å²) >= 11 is 1.54. The number of ether oxygens (including phenoxy) is 1. The standard InChI is InChI=1S/C20H22N4O5S2/c1-13-3-4-19(30-13)15-9-16(20(25)21-12-18-14(2)22-29-23-18)11-17(10-15)31(26,27)24-5-7-28-8-6-24/h3-4,9-11H,5-8,12H2,1-2H3,(H,21,25). The van der Waals surface area contributed by atoms with Crippen molar-refractivity contribution < 1.29 is 22.6 Å². The van der Waals surface area contributed by atoms with Gasteiger partial charge in [0.1, 0.15) is 11.4 Å². The summed E-state index contributed by atoms with van der Waals surface area (Å²) in [5.41, 5.74) is 2.03. The van der Waals surface area contributed by atoms with Gasteiger partial charge in [-0.25, -0.2) is 13.0 Å². The van der Waals surface area contributed by atoms with Crippen molar-refractivity contribution in [3.05, 3.63) is 52.2 Å². The molecule has 0 atom stereocenters. The molecule has 2 aromatic heterocycles. The number of amides is 1. The van der Waals surface area contributed by atoms with E-state index in [1.807, 2.05) is 19.1 Å². The predicted molar refractivity (Wildman–Crippen MR) is 114 cm³/mol. The lowest BCUT2D eigenvalue weighted by Gasteiger charge is -2.26. The number of carbonyl (C=O) groups excluding carboxylic acids is 1. The number of hydrogen-bond donors (Lipinski definition) is 1. The fraction of sp³-hybridized carbons (Fsp3) is 0.350. The van der Waals surface area contributed by atoms with Crippen LogP contribution in [0.4, 0.5) is 0 Å². The van der Waals surface area contributed by atoms with Gasteiger partial charge in [-0.2, -0.15) is 4.31 Å². The molecule has 0 spiro atoms. The lowest BCUT2D eigenvalue weighted by atomic mass is 10.1. The van der Waals surface area contributed by atoms with E-state index in [0.717, 1.165) is 9.75 Å².